The molecule has 3 aromatic carbocycles. The number of hydrogen-bond donors (Lipinski definition) is 0. The van der Waals surface area contributed by atoms with E-state index in [0.29, 0.717) is 12.6 Å². The van der Waals surface area contributed by atoms with Gasteiger partial charge in [0, 0.05) is 30.9 Å². The number of likely N-dealkylation sites (tertiary alicyclic amines) is 1. The standard InChI is InChI=1S/C37H44NO3/c1-38(25-28-16-17-28)22-21-36-33-15-8-20-37(36,40-23-9-14-27-10-4-2-5-11-27)32(38)24-30-18-19-31(35(41-33)34(30)36)39-26-29-12-6-3-7-13-29/h2-7,10-13,18-19,28,32-33H,8-9,14-17,20-26H2,1H3/q+1/t32-,33+,36-,37?,38?/m1/s1. The molecule has 2 aliphatic heterocycles. The zero-order valence-electron chi connectivity index (χ0n) is 24.5. The fourth-order valence-electron chi connectivity index (χ4n) is 9.42. The first-order chi connectivity index (χ1) is 20.1. The quantitative estimate of drug-likeness (QED) is 0.201. The van der Waals surface area contributed by atoms with Crippen molar-refractivity contribution in [3.63, 3.8) is 0 Å². The van der Waals surface area contributed by atoms with Crippen LogP contribution < -0.4 is 9.47 Å². The molecule has 3 fully saturated rings. The maximum Gasteiger partial charge on any atom is 0.165 e. The first kappa shape index (κ1) is 25.9. The second-order valence-electron chi connectivity index (χ2n) is 13.8. The van der Waals surface area contributed by atoms with Crippen molar-refractivity contribution in [2.24, 2.45) is 5.92 Å². The van der Waals surface area contributed by atoms with E-state index < -0.39 is 0 Å². The molecule has 41 heavy (non-hydrogen) atoms. The fourth-order valence-corrected chi connectivity index (χ4v) is 9.42. The number of rotatable bonds is 10. The van der Waals surface area contributed by atoms with E-state index in [2.05, 4.69) is 79.8 Å². The van der Waals surface area contributed by atoms with Crippen LogP contribution in [0.5, 0.6) is 11.5 Å². The van der Waals surface area contributed by atoms with Crippen LogP contribution in [0.25, 0.3) is 0 Å². The molecule has 2 saturated carbocycles. The summed E-state index contributed by atoms with van der Waals surface area (Å²) >= 11 is 0. The van der Waals surface area contributed by atoms with Crippen molar-refractivity contribution in [2.75, 3.05) is 26.7 Å². The van der Waals surface area contributed by atoms with Crippen molar-refractivity contribution in [3.8, 4) is 11.5 Å². The van der Waals surface area contributed by atoms with Crippen LogP contribution in [0.2, 0.25) is 0 Å². The van der Waals surface area contributed by atoms with E-state index in [9.17, 15) is 0 Å². The highest BCUT2D eigenvalue weighted by atomic mass is 16.5. The van der Waals surface area contributed by atoms with Crippen LogP contribution in [-0.4, -0.2) is 49.0 Å². The highest BCUT2D eigenvalue weighted by Crippen LogP contribution is 2.67. The topological polar surface area (TPSA) is 27.7 Å². The highest BCUT2D eigenvalue weighted by Gasteiger charge is 2.76. The third-order valence-electron chi connectivity index (χ3n) is 11.4. The van der Waals surface area contributed by atoms with E-state index in [-0.39, 0.29) is 17.1 Å². The van der Waals surface area contributed by atoms with Crippen molar-refractivity contribution in [1.82, 2.24) is 0 Å². The molecule has 1 saturated heterocycles. The lowest BCUT2D eigenvalue weighted by Crippen LogP contribution is -2.80. The van der Waals surface area contributed by atoms with E-state index >= 15 is 0 Å². The third-order valence-corrected chi connectivity index (χ3v) is 11.4. The first-order valence-corrected chi connectivity index (χ1v) is 16.1. The Labute approximate surface area is 245 Å². The second kappa shape index (κ2) is 9.88. The number of quaternary nitrogens is 1. The van der Waals surface area contributed by atoms with Crippen molar-refractivity contribution < 1.29 is 18.7 Å². The Hall–Kier alpha value is -2.82. The van der Waals surface area contributed by atoms with Crippen molar-refractivity contribution >= 4 is 0 Å². The molecule has 8 rings (SSSR count). The zero-order chi connectivity index (χ0) is 27.5. The minimum absolute atomic E-state index is 0.0704. The minimum Gasteiger partial charge on any atom is -0.485 e. The van der Waals surface area contributed by atoms with Crippen LogP contribution in [0.1, 0.15) is 67.2 Å². The van der Waals surface area contributed by atoms with Crippen molar-refractivity contribution in [3.05, 3.63) is 95.1 Å². The lowest BCUT2D eigenvalue weighted by atomic mass is 9.48. The maximum atomic E-state index is 7.44. The van der Waals surface area contributed by atoms with Gasteiger partial charge in [-0.3, -0.25) is 0 Å². The van der Waals surface area contributed by atoms with Gasteiger partial charge in [-0.1, -0.05) is 66.7 Å². The third kappa shape index (κ3) is 4.08. The molecule has 0 N–H and O–H groups in total. The average molecular weight is 551 g/mol. The number of hydrogen-bond acceptors (Lipinski definition) is 3. The van der Waals surface area contributed by atoms with Gasteiger partial charge in [0.15, 0.2) is 11.5 Å². The molecule has 4 heteroatoms. The Morgan fingerprint density at radius 2 is 1.68 bits per heavy atom. The molecule has 1 spiro atoms. The average Bonchev–Trinajstić information content (AvgIpc) is 3.74. The van der Waals surface area contributed by atoms with Crippen LogP contribution in [0.15, 0.2) is 72.8 Å². The number of aryl methyl sites for hydroxylation is 1. The largest absolute Gasteiger partial charge is 0.485 e. The molecule has 2 heterocycles. The monoisotopic (exact) mass is 550 g/mol. The van der Waals surface area contributed by atoms with Gasteiger partial charge in [0.05, 0.1) is 25.6 Å². The van der Waals surface area contributed by atoms with Gasteiger partial charge in [-0.05, 0) is 67.7 Å². The predicted molar refractivity (Wildman–Crippen MR) is 161 cm³/mol. The summed E-state index contributed by atoms with van der Waals surface area (Å²) in [5.41, 5.74) is 5.29. The van der Waals surface area contributed by atoms with Gasteiger partial charge in [0.25, 0.3) is 0 Å². The van der Waals surface area contributed by atoms with E-state index in [0.717, 1.165) is 62.5 Å². The van der Waals surface area contributed by atoms with Gasteiger partial charge < -0.3 is 18.7 Å². The van der Waals surface area contributed by atoms with Gasteiger partial charge >= 0.3 is 0 Å². The van der Waals surface area contributed by atoms with E-state index in [4.69, 9.17) is 14.2 Å². The molecule has 3 aliphatic carbocycles. The molecular formula is C37H44NO3+. The Morgan fingerprint density at radius 1 is 0.902 bits per heavy atom. The molecule has 214 valence electrons. The summed E-state index contributed by atoms with van der Waals surface area (Å²) in [5.74, 6) is 2.84. The van der Waals surface area contributed by atoms with Crippen LogP contribution in [0.4, 0.5) is 0 Å². The van der Waals surface area contributed by atoms with Crippen LogP contribution >= 0.6 is 0 Å². The van der Waals surface area contributed by atoms with Crippen LogP contribution in [0, 0.1) is 5.92 Å². The normalized spacial score (nSPS) is 32.7. The van der Waals surface area contributed by atoms with Gasteiger partial charge in [0.1, 0.15) is 24.4 Å². The van der Waals surface area contributed by atoms with Gasteiger partial charge in [-0.25, -0.2) is 0 Å². The molecule has 2 unspecified atom stereocenters. The number of ether oxygens (including phenoxy) is 3. The highest BCUT2D eigenvalue weighted by molar-refractivity contribution is 5.62. The Balaban J connectivity index is 1.17. The van der Waals surface area contributed by atoms with E-state index in [1.807, 2.05) is 0 Å². The SMILES string of the molecule is C[N+]1(CC2CC2)CC[C@]23c4c5ccc(OCc6ccccc6)c4O[C@H]2CCCC3(OCCCc2ccccc2)[C@H]1C5. The molecule has 4 nitrogen and oxygen atoms in total. The lowest BCUT2D eigenvalue weighted by Gasteiger charge is -2.66. The molecule has 2 bridgehead atoms. The van der Waals surface area contributed by atoms with Crippen LogP contribution in [-0.2, 0) is 29.6 Å². The summed E-state index contributed by atoms with van der Waals surface area (Å²) in [6.07, 6.45) is 10.8. The first-order valence-electron chi connectivity index (χ1n) is 16.1. The van der Waals surface area contributed by atoms with Gasteiger partial charge in [-0.2, -0.15) is 0 Å². The lowest BCUT2D eigenvalue weighted by molar-refractivity contribution is -0.951. The molecule has 5 atom stereocenters. The van der Waals surface area contributed by atoms with E-state index in [1.54, 1.807) is 0 Å². The fraction of sp³-hybridized carbons (Fsp3) is 0.514. The predicted octanol–water partition coefficient (Wildman–Crippen LogP) is 7.02. The molecule has 5 aliphatic rings. The Kier molecular flexibility index (Phi) is 6.23. The summed E-state index contributed by atoms with van der Waals surface area (Å²) < 4.78 is 22.2. The number of likely N-dealkylation sites (N-methyl/N-ethyl adjacent to an activating group) is 1. The van der Waals surface area contributed by atoms with Gasteiger partial charge in [0.2, 0.25) is 0 Å². The summed E-state index contributed by atoms with van der Waals surface area (Å²) in [6, 6.07) is 26.4. The number of nitrogens with zero attached hydrogens (tertiary/aromatic N) is 1. The zero-order valence-corrected chi connectivity index (χ0v) is 24.5. The van der Waals surface area contributed by atoms with Crippen molar-refractivity contribution in [1.29, 1.82) is 0 Å². The minimum atomic E-state index is -0.176. The Morgan fingerprint density at radius 3 is 2.46 bits per heavy atom. The molecule has 3 aromatic rings. The molecule has 0 aromatic heterocycles. The summed E-state index contributed by atoms with van der Waals surface area (Å²) in [5, 5.41) is 0. The summed E-state index contributed by atoms with van der Waals surface area (Å²) in [4.78, 5) is 0. The van der Waals surface area contributed by atoms with Gasteiger partial charge in [-0.15, -0.1) is 0 Å². The van der Waals surface area contributed by atoms with Crippen LogP contribution in [0.3, 0.4) is 0 Å². The Bertz CT molecular complexity index is 1400. The van der Waals surface area contributed by atoms with Crippen molar-refractivity contribution in [2.45, 2.75) is 87.6 Å². The maximum absolute atomic E-state index is 7.44. The second-order valence-corrected chi connectivity index (χ2v) is 13.8. The van der Waals surface area contributed by atoms with E-state index in [1.165, 1.54) is 59.1 Å². The molecular weight excluding hydrogens is 506 g/mol. The number of piperidine rings is 1. The smallest absolute Gasteiger partial charge is 0.165 e. The number of benzene rings is 3. The summed E-state index contributed by atoms with van der Waals surface area (Å²) in [6.45, 7) is 3.91. The summed E-state index contributed by atoms with van der Waals surface area (Å²) in [7, 11) is 2.56. The molecule has 0 radical (unpaired) electrons. The molecule has 0 amide bonds.